The van der Waals surface area contributed by atoms with E-state index in [1.807, 2.05) is 19.1 Å². The molecular weight excluding hydrogens is 226 g/mol. The average molecular weight is 237 g/mol. The summed E-state index contributed by atoms with van der Waals surface area (Å²) in [7, 11) is 0. The van der Waals surface area contributed by atoms with Gasteiger partial charge in [-0.05, 0) is 42.8 Å². The zero-order chi connectivity index (χ0) is 13.0. The normalized spacial score (nSPS) is 9.56. The minimum absolute atomic E-state index is 0.216. The van der Waals surface area contributed by atoms with E-state index in [-0.39, 0.29) is 5.91 Å². The smallest absolute Gasteiger partial charge is 0.255 e. The van der Waals surface area contributed by atoms with E-state index in [0.29, 0.717) is 16.8 Å². The predicted molar refractivity (Wildman–Crippen MR) is 68.1 cm³/mol. The number of carbonyl (C=O) groups excluding carboxylic acids is 1. The number of pyridine rings is 1. The molecule has 0 aliphatic carbocycles. The fourth-order valence-corrected chi connectivity index (χ4v) is 1.52. The lowest BCUT2D eigenvalue weighted by Crippen LogP contribution is -2.12. The molecule has 4 nitrogen and oxygen atoms in total. The third-order valence-electron chi connectivity index (χ3n) is 2.41. The van der Waals surface area contributed by atoms with Gasteiger partial charge >= 0.3 is 0 Å². The van der Waals surface area contributed by atoms with Gasteiger partial charge < -0.3 is 5.32 Å². The molecule has 2 aromatic rings. The first-order chi connectivity index (χ1) is 8.69. The Labute approximate surface area is 105 Å². The molecule has 0 bridgehead atoms. The number of hydrogen-bond acceptors (Lipinski definition) is 3. The van der Waals surface area contributed by atoms with Crippen LogP contribution in [0.2, 0.25) is 0 Å². The standard InChI is InChI=1S/C14H11N3O/c1-10-6-13(9-16-8-10)17-14(18)12-4-2-11(7-15)3-5-12/h2-6,8-9H,1H3,(H,17,18). The van der Waals surface area contributed by atoms with Gasteiger partial charge in [-0.15, -0.1) is 0 Å². The number of aromatic nitrogens is 1. The fraction of sp³-hybridized carbons (Fsp3) is 0.0714. The topological polar surface area (TPSA) is 65.8 Å². The van der Waals surface area contributed by atoms with Gasteiger partial charge in [0.2, 0.25) is 0 Å². The van der Waals surface area contributed by atoms with E-state index >= 15 is 0 Å². The zero-order valence-electron chi connectivity index (χ0n) is 9.84. The van der Waals surface area contributed by atoms with Gasteiger partial charge in [0.05, 0.1) is 23.5 Å². The lowest BCUT2D eigenvalue weighted by molar-refractivity contribution is 0.102. The van der Waals surface area contributed by atoms with Crippen LogP contribution in [0.4, 0.5) is 5.69 Å². The van der Waals surface area contributed by atoms with Crippen molar-refractivity contribution in [3.63, 3.8) is 0 Å². The number of hydrogen-bond donors (Lipinski definition) is 1. The first-order valence-corrected chi connectivity index (χ1v) is 5.42. The van der Waals surface area contributed by atoms with Gasteiger partial charge in [-0.1, -0.05) is 0 Å². The van der Waals surface area contributed by atoms with Gasteiger partial charge in [0.15, 0.2) is 0 Å². The number of amides is 1. The predicted octanol–water partition coefficient (Wildman–Crippen LogP) is 2.51. The maximum absolute atomic E-state index is 11.9. The molecule has 88 valence electrons. The highest BCUT2D eigenvalue weighted by Crippen LogP contribution is 2.10. The molecule has 1 N–H and O–H groups in total. The van der Waals surface area contributed by atoms with E-state index in [1.165, 1.54) is 0 Å². The van der Waals surface area contributed by atoms with Gasteiger partial charge in [-0.25, -0.2) is 0 Å². The molecule has 1 heterocycles. The van der Waals surface area contributed by atoms with E-state index in [0.717, 1.165) is 5.56 Å². The lowest BCUT2D eigenvalue weighted by atomic mass is 10.1. The monoisotopic (exact) mass is 237 g/mol. The number of anilines is 1. The van der Waals surface area contributed by atoms with Crippen molar-refractivity contribution < 1.29 is 4.79 Å². The molecule has 2 rings (SSSR count). The second kappa shape index (κ2) is 5.11. The van der Waals surface area contributed by atoms with Crippen molar-refractivity contribution in [1.82, 2.24) is 4.98 Å². The first kappa shape index (κ1) is 11.8. The van der Waals surface area contributed by atoms with Crippen molar-refractivity contribution in [2.24, 2.45) is 0 Å². The minimum atomic E-state index is -0.216. The van der Waals surface area contributed by atoms with Gasteiger partial charge in [-0.2, -0.15) is 5.26 Å². The molecule has 0 spiro atoms. The summed E-state index contributed by atoms with van der Waals surface area (Å²) in [5.74, 6) is -0.216. The van der Waals surface area contributed by atoms with Crippen LogP contribution in [-0.4, -0.2) is 10.9 Å². The van der Waals surface area contributed by atoms with Crippen LogP contribution in [0.1, 0.15) is 21.5 Å². The Morgan fingerprint density at radius 1 is 1.28 bits per heavy atom. The molecular formula is C14H11N3O. The van der Waals surface area contributed by atoms with Crippen LogP contribution >= 0.6 is 0 Å². The van der Waals surface area contributed by atoms with Crippen molar-refractivity contribution in [2.75, 3.05) is 5.32 Å². The second-order valence-corrected chi connectivity index (χ2v) is 3.89. The summed E-state index contributed by atoms with van der Waals surface area (Å²) in [5.41, 5.74) is 2.68. The molecule has 0 fully saturated rings. The Morgan fingerprint density at radius 3 is 2.61 bits per heavy atom. The van der Waals surface area contributed by atoms with Crippen LogP contribution in [-0.2, 0) is 0 Å². The van der Waals surface area contributed by atoms with Crippen molar-refractivity contribution in [1.29, 1.82) is 5.26 Å². The van der Waals surface area contributed by atoms with Crippen LogP contribution in [0.25, 0.3) is 0 Å². The SMILES string of the molecule is Cc1cncc(NC(=O)c2ccc(C#N)cc2)c1. The van der Waals surface area contributed by atoms with Crippen LogP contribution in [0.3, 0.4) is 0 Å². The molecule has 0 aliphatic rings. The Morgan fingerprint density at radius 2 is 2.00 bits per heavy atom. The van der Waals surface area contributed by atoms with Crippen molar-refractivity contribution in [3.05, 3.63) is 59.4 Å². The van der Waals surface area contributed by atoms with E-state index in [9.17, 15) is 4.79 Å². The van der Waals surface area contributed by atoms with Crippen LogP contribution in [0, 0.1) is 18.3 Å². The van der Waals surface area contributed by atoms with E-state index in [1.54, 1.807) is 36.7 Å². The summed E-state index contributed by atoms with van der Waals surface area (Å²) in [6.45, 7) is 1.91. The van der Waals surface area contributed by atoms with Crippen LogP contribution in [0.5, 0.6) is 0 Å². The van der Waals surface area contributed by atoms with Crippen molar-refractivity contribution >= 4 is 11.6 Å². The molecule has 18 heavy (non-hydrogen) atoms. The van der Waals surface area contributed by atoms with Gasteiger partial charge in [0.25, 0.3) is 5.91 Å². The maximum atomic E-state index is 11.9. The number of nitriles is 1. The largest absolute Gasteiger partial charge is 0.321 e. The first-order valence-electron chi connectivity index (χ1n) is 5.42. The number of rotatable bonds is 2. The third-order valence-corrected chi connectivity index (χ3v) is 2.41. The Kier molecular flexibility index (Phi) is 3.35. The van der Waals surface area contributed by atoms with Crippen LogP contribution in [0.15, 0.2) is 42.7 Å². The Hall–Kier alpha value is -2.67. The van der Waals surface area contributed by atoms with E-state index < -0.39 is 0 Å². The molecule has 0 saturated heterocycles. The minimum Gasteiger partial charge on any atom is -0.321 e. The number of nitrogens with zero attached hydrogens (tertiary/aromatic N) is 2. The quantitative estimate of drug-likeness (QED) is 0.872. The summed E-state index contributed by atoms with van der Waals surface area (Å²) in [4.78, 5) is 15.9. The Bertz CT molecular complexity index is 612. The molecule has 0 unspecified atom stereocenters. The highest BCUT2D eigenvalue weighted by Gasteiger charge is 2.06. The molecule has 0 atom stereocenters. The van der Waals surface area contributed by atoms with Crippen molar-refractivity contribution in [2.45, 2.75) is 6.92 Å². The van der Waals surface area contributed by atoms with E-state index in [2.05, 4.69) is 10.3 Å². The average Bonchev–Trinajstić information content (AvgIpc) is 2.39. The molecule has 1 amide bonds. The number of nitrogens with one attached hydrogen (secondary N) is 1. The maximum Gasteiger partial charge on any atom is 0.255 e. The number of aryl methyl sites for hydroxylation is 1. The van der Waals surface area contributed by atoms with Gasteiger partial charge in [0, 0.05) is 11.8 Å². The van der Waals surface area contributed by atoms with Crippen LogP contribution < -0.4 is 5.32 Å². The highest BCUT2D eigenvalue weighted by atomic mass is 16.1. The van der Waals surface area contributed by atoms with E-state index in [4.69, 9.17) is 5.26 Å². The number of benzene rings is 1. The fourth-order valence-electron chi connectivity index (χ4n) is 1.52. The molecule has 0 radical (unpaired) electrons. The second-order valence-electron chi connectivity index (χ2n) is 3.89. The summed E-state index contributed by atoms with van der Waals surface area (Å²) >= 11 is 0. The lowest BCUT2D eigenvalue weighted by Gasteiger charge is -2.05. The van der Waals surface area contributed by atoms with Gasteiger partial charge in [-0.3, -0.25) is 9.78 Å². The van der Waals surface area contributed by atoms with Crippen molar-refractivity contribution in [3.8, 4) is 6.07 Å². The Balaban J connectivity index is 2.14. The summed E-state index contributed by atoms with van der Waals surface area (Å²) in [5, 5.41) is 11.4. The zero-order valence-corrected chi connectivity index (χ0v) is 9.84. The molecule has 1 aromatic heterocycles. The summed E-state index contributed by atoms with van der Waals surface area (Å²) < 4.78 is 0. The molecule has 0 aliphatic heterocycles. The summed E-state index contributed by atoms with van der Waals surface area (Å²) in [6.07, 6.45) is 3.31. The molecule has 4 heteroatoms. The molecule has 0 saturated carbocycles. The molecule has 1 aromatic carbocycles. The third kappa shape index (κ3) is 2.71. The highest BCUT2D eigenvalue weighted by molar-refractivity contribution is 6.04. The summed E-state index contributed by atoms with van der Waals surface area (Å²) in [6, 6.07) is 10.3. The number of carbonyl (C=O) groups is 1. The van der Waals surface area contributed by atoms with Gasteiger partial charge in [0.1, 0.15) is 0 Å².